The van der Waals surface area contributed by atoms with Crippen molar-refractivity contribution in [3.63, 3.8) is 0 Å². The largest absolute Gasteiger partial charge is 0.323 e. The fourth-order valence-electron chi connectivity index (χ4n) is 1.51. The Labute approximate surface area is 102 Å². The molecule has 1 rings (SSSR count). The fraction of sp³-hybridized carbons (Fsp3) is 0.583. The van der Waals surface area contributed by atoms with Crippen LogP contribution in [0.15, 0.2) is 25.3 Å². The van der Waals surface area contributed by atoms with E-state index in [0.717, 1.165) is 19.3 Å². The maximum atomic E-state index is 12.1. The van der Waals surface area contributed by atoms with Crippen LogP contribution >= 0.6 is 0 Å². The van der Waals surface area contributed by atoms with E-state index in [1.807, 2.05) is 6.08 Å². The van der Waals surface area contributed by atoms with E-state index in [0.29, 0.717) is 13.1 Å². The van der Waals surface area contributed by atoms with Crippen LogP contribution in [0.4, 0.5) is 4.79 Å². The van der Waals surface area contributed by atoms with E-state index in [4.69, 9.17) is 9.78 Å². The highest BCUT2D eigenvalue weighted by molar-refractivity contribution is 5.74. The smallest absolute Gasteiger partial charge is 0.298 e. The van der Waals surface area contributed by atoms with Crippen molar-refractivity contribution < 1.29 is 14.6 Å². The molecule has 1 fully saturated rings. The van der Waals surface area contributed by atoms with E-state index >= 15 is 0 Å². The molecular formula is C12H20N2O3. The molecule has 0 N–H and O–H groups in total. The van der Waals surface area contributed by atoms with Crippen LogP contribution in [0, 0.1) is 0 Å². The van der Waals surface area contributed by atoms with E-state index < -0.39 is 0 Å². The molecule has 1 aliphatic rings. The molecule has 5 heteroatoms. The van der Waals surface area contributed by atoms with Crippen molar-refractivity contribution in [1.82, 2.24) is 9.80 Å². The van der Waals surface area contributed by atoms with Crippen molar-refractivity contribution in [3.8, 4) is 0 Å². The van der Waals surface area contributed by atoms with Crippen LogP contribution in [0.25, 0.3) is 0 Å². The first kappa shape index (κ1) is 13.7. The Morgan fingerprint density at radius 1 is 1.06 bits per heavy atom. The number of allylic oxidation sites excluding steroid dienone is 1. The number of carbonyl (C=O) groups is 1. The molecule has 0 bridgehead atoms. The van der Waals surface area contributed by atoms with Crippen LogP contribution < -0.4 is 0 Å². The normalized spacial score (nSPS) is 16.8. The first-order valence-corrected chi connectivity index (χ1v) is 5.79. The fourth-order valence-corrected chi connectivity index (χ4v) is 1.51. The molecule has 0 unspecified atom stereocenters. The van der Waals surface area contributed by atoms with Gasteiger partial charge in [0.2, 0.25) is 0 Å². The van der Waals surface area contributed by atoms with Crippen molar-refractivity contribution in [1.29, 1.82) is 0 Å². The van der Waals surface area contributed by atoms with Crippen LogP contribution in [0.3, 0.4) is 0 Å². The number of urea groups is 1. The predicted molar refractivity (Wildman–Crippen MR) is 65.0 cm³/mol. The SMILES string of the molecule is C=CCCCN1COOCN(CCC=C)C1=O. The zero-order valence-corrected chi connectivity index (χ0v) is 10.1. The number of nitrogens with zero attached hydrogens (tertiary/aromatic N) is 2. The zero-order chi connectivity index (χ0) is 12.5. The van der Waals surface area contributed by atoms with Gasteiger partial charge in [-0.1, -0.05) is 12.2 Å². The molecular weight excluding hydrogens is 220 g/mol. The highest BCUT2D eigenvalue weighted by atomic mass is 17.2. The summed E-state index contributed by atoms with van der Waals surface area (Å²) in [5.74, 6) is 0. The second-order valence-electron chi connectivity index (χ2n) is 3.81. The summed E-state index contributed by atoms with van der Waals surface area (Å²) in [6.45, 7) is 8.90. The van der Waals surface area contributed by atoms with Crippen molar-refractivity contribution in [2.24, 2.45) is 0 Å². The number of amides is 2. The number of hydrogen-bond acceptors (Lipinski definition) is 3. The minimum atomic E-state index is -0.0478. The summed E-state index contributed by atoms with van der Waals surface area (Å²) in [5, 5.41) is 0. The molecule has 0 aromatic heterocycles. The molecule has 0 spiro atoms. The lowest BCUT2D eigenvalue weighted by atomic mass is 10.3. The van der Waals surface area contributed by atoms with Crippen molar-refractivity contribution in [2.45, 2.75) is 19.3 Å². The van der Waals surface area contributed by atoms with Gasteiger partial charge in [-0.15, -0.1) is 13.2 Å². The molecule has 5 nitrogen and oxygen atoms in total. The predicted octanol–water partition coefficient (Wildman–Crippen LogP) is 2.13. The maximum absolute atomic E-state index is 12.1. The van der Waals surface area contributed by atoms with Gasteiger partial charge in [0, 0.05) is 13.1 Å². The van der Waals surface area contributed by atoms with Gasteiger partial charge in [-0.2, -0.15) is 0 Å². The van der Waals surface area contributed by atoms with E-state index in [-0.39, 0.29) is 19.5 Å². The highest BCUT2D eigenvalue weighted by Gasteiger charge is 2.23. The van der Waals surface area contributed by atoms with Crippen LogP contribution in [-0.4, -0.2) is 42.4 Å². The lowest BCUT2D eigenvalue weighted by molar-refractivity contribution is -0.314. The van der Waals surface area contributed by atoms with Gasteiger partial charge >= 0.3 is 6.03 Å². The monoisotopic (exact) mass is 240 g/mol. The topological polar surface area (TPSA) is 42.0 Å². The third-order valence-corrected chi connectivity index (χ3v) is 2.48. The second-order valence-corrected chi connectivity index (χ2v) is 3.81. The average molecular weight is 240 g/mol. The van der Waals surface area contributed by atoms with E-state index in [1.54, 1.807) is 15.9 Å². The van der Waals surface area contributed by atoms with Crippen LogP contribution in [-0.2, 0) is 9.78 Å². The van der Waals surface area contributed by atoms with Crippen LogP contribution in [0.5, 0.6) is 0 Å². The van der Waals surface area contributed by atoms with E-state index in [9.17, 15) is 4.79 Å². The molecule has 0 aromatic rings. The van der Waals surface area contributed by atoms with Gasteiger partial charge in [-0.05, 0) is 19.3 Å². The molecule has 0 atom stereocenters. The Balaban J connectivity index is 2.47. The lowest BCUT2D eigenvalue weighted by Crippen LogP contribution is -2.42. The molecule has 0 aromatic carbocycles. The number of rotatable bonds is 7. The van der Waals surface area contributed by atoms with Gasteiger partial charge in [0.1, 0.15) is 0 Å². The van der Waals surface area contributed by atoms with Crippen molar-refractivity contribution in [2.75, 3.05) is 26.6 Å². The summed E-state index contributed by atoms with van der Waals surface area (Å²) in [5.41, 5.74) is 0. The van der Waals surface area contributed by atoms with Gasteiger partial charge in [0.25, 0.3) is 0 Å². The van der Waals surface area contributed by atoms with E-state index in [2.05, 4.69) is 13.2 Å². The van der Waals surface area contributed by atoms with Crippen LogP contribution in [0.1, 0.15) is 19.3 Å². The Morgan fingerprint density at radius 3 is 2.24 bits per heavy atom. The summed E-state index contributed by atoms with van der Waals surface area (Å²) in [7, 11) is 0. The standard InChI is InChI=1S/C12H20N2O3/c1-3-5-7-9-14-11-17-16-10-13(12(14)15)8-6-4-2/h3-4H,1-2,5-11H2. The molecule has 17 heavy (non-hydrogen) atoms. The van der Waals surface area contributed by atoms with Gasteiger partial charge in [0.05, 0.1) is 0 Å². The Kier molecular flexibility index (Phi) is 6.35. The van der Waals surface area contributed by atoms with Gasteiger partial charge in [0.15, 0.2) is 13.5 Å². The first-order valence-electron chi connectivity index (χ1n) is 5.79. The zero-order valence-electron chi connectivity index (χ0n) is 10.1. The summed E-state index contributed by atoms with van der Waals surface area (Å²) >= 11 is 0. The molecule has 1 heterocycles. The second kappa shape index (κ2) is 7.86. The molecule has 1 saturated heterocycles. The highest BCUT2D eigenvalue weighted by Crippen LogP contribution is 2.08. The first-order chi connectivity index (χ1) is 8.29. The van der Waals surface area contributed by atoms with E-state index in [1.165, 1.54) is 0 Å². The number of unbranched alkanes of at least 4 members (excludes halogenated alkanes) is 1. The van der Waals surface area contributed by atoms with Gasteiger partial charge in [-0.25, -0.2) is 14.6 Å². The molecule has 0 radical (unpaired) electrons. The van der Waals surface area contributed by atoms with Crippen molar-refractivity contribution >= 4 is 6.03 Å². The Morgan fingerprint density at radius 2 is 1.65 bits per heavy atom. The quantitative estimate of drug-likeness (QED) is 0.389. The number of carbonyl (C=O) groups excluding carboxylic acids is 1. The summed E-state index contributed by atoms with van der Waals surface area (Å²) in [6.07, 6.45) is 6.14. The summed E-state index contributed by atoms with van der Waals surface area (Å²) < 4.78 is 0. The lowest BCUT2D eigenvalue weighted by Gasteiger charge is -2.24. The number of hydrogen-bond donors (Lipinski definition) is 0. The van der Waals surface area contributed by atoms with Gasteiger partial charge in [-0.3, -0.25) is 9.80 Å². The maximum Gasteiger partial charge on any atom is 0.323 e. The molecule has 0 saturated carbocycles. The molecule has 2 amide bonds. The minimum Gasteiger partial charge on any atom is -0.298 e. The summed E-state index contributed by atoms with van der Waals surface area (Å²) in [4.78, 5) is 25.2. The molecule has 96 valence electrons. The third-order valence-electron chi connectivity index (χ3n) is 2.48. The van der Waals surface area contributed by atoms with Crippen LogP contribution in [0.2, 0.25) is 0 Å². The molecule has 1 aliphatic heterocycles. The van der Waals surface area contributed by atoms with Crippen molar-refractivity contribution in [3.05, 3.63) is 25.3 Å². The minimum absolute atomic E-state index is 0.0478. The van der Waals surface area contributed by atoms with Gasteiger partial charge < -0.3 is 0 Å². The Hall–Kier alpha value is -1.33. The summed E-state index contributed by atoms with van der Waals surface area (Å²) in [6, 6.07) is -0.0478. The third kappa shape index (κ3) is 4.58. The average Bonchev–Trinajstić information content (AvgIpc) is 2.51. The Bertz CT molecular complexity index is 268. The molecule has 0 aliphatic carbocycles.